The molecule has 0 saturated heterocycles. The topological polar surface area (TPSA) is 29.5 Å². The lowest BCUT2D eigenvalue weighted by molar-refractivity contribution is -0.0167. The van der Waals surface area contributed by atoms with E-state index in [1.54, 1.807) is 0 Å². The number of ether oxygens (including phenoxy) is 1. The first-order chi connectivity index (χ1) is 9.72. The van der Waals surface area contributed by atoms with Crippen LogP contribution in [0.5, 0.6) is 5.75 Å². The standard InChI is InChI=1S/C18H20O2/c1-2-18(12-14-8-4-3-5-9-14)13-16(19)15-10-6-7-11-17(15)20-18/h3-11,16,19H,2,12-13H2,1H3/t16-,18?/m1/s1. The van der Waals surface area contributed by atoms with Gasteiger partial charge in [0.15, 0.2) is 0 Å². The average Bonchev–Trinajstić information content (AvgIpc) is 2.48. The van der Waals surface area contributed by atoms with Crippen LogP contribution >= 0.6 is 0 Å². The van der Waals surface area contributed by atoms with Crippen molar-refractivity contribution in [1.82, 2.24) is 0 Å². The minimum atomic E-state index is -0.441. The Kier molecular flexibility index (Phi) is 3.49. The van der Waals surface area contributed by atoms with Crippen molar-refractivity contribution in [1.29, 1.82) is 0 Å². The lowest BCUT2D eigenvalue weighted by atomic mass is 9.82. The molecule has 0 aliphatic carbocycles. The van der Waals surface area contributed by atoms with Gasteiger partial charge in [-0.2, -0.15) is 0 Å². The summed E-state index contributed by atoms with van der Waals surface area (Å²) >= 11 is 0. The Labute approximate surface area is 120 Å². The molecule has 0 spiro atoms. The van der Waals surface area contributed by atoms with Crippen LogP contribution in [0.3, 0.4) is 0 Å². The molecule has 2 nitrogen and oxygen atoms in total. The number of rotatable bonds is 3. The van der Waals surface area contributed by atoms with Gasteiger partial charge in [0.2, 0.25) is 0 Å². The van der Waals surface area contributed by atoms with E-state index >= 15 is 0 Å². The van der Waals surface area contributed by atoms with Crippen molar-refractivity contribution in [3.05, 3.63) is 65.7 Å². The minimum Gasteiger partial charge on any atom is -0.486 e. The molecule has 1 aliphatic rings. The molecule has 1 aliphatic heterocycles. The average molecular weight is 268 g/mol. The highest BCUT2D eigenvalue weighted by molar-refractivity contribution is 5.38. The van der Waals surface area contributed by atoms with Crippen LogP contribution in [0, 0.1) is 0 Å². The molecule has 0 amide bonds. The van der Waals surface area contributed by atoms with Gasteiger partial charge in [0.25, 0.3) is 0 Å². The van der Waals surface area contributed by atoms with E-state index in [1.165, 1.54) is 5.56 Å². The van der Waals surface area contributed by atoms with Gasteiger partial charge in [0.05, 0.1) is 6.10 Å². The van der Waals surface area contributed by atoms with Gasteiger partial charge < -0.3 is 9.84 Å². The molecule has 0 fully saturated rings. The molecule has 1 N–H and O–H groups in total. The summed E-state index contributed by atoms with van der Waals surface area (Å²) in [4.78, 5) is 0. The molecule has 0 saturated carbocycles. The molecule has 2 atom stereocenters. The van der Waals surface area contributed by atoms with Gasteiger partial charge in [-0.05, 0) is 18.1 Å². The van der Waals surface area contributed by atoms with Crippen LogP contribution in [0.2, 0.25) is 0 Å². The first-order valence-corrected chi connectivity index (χ1v) is 7.22. The molecule has 2 heteroatoms. The molecule has 1 unspecified atom stereocenters. The molecular weight excluding hydrogens is 248 g/mol. The lowest BCUT2D eigenvalue weighted by Crippen LogP contribution is -2.42. The molecule has 0 aromatic heterocycles. The maximum atomic E-state index is 10.4. The van der Waals surface area contributed by atoms with Gasteiger partial charge in [-0.25, -0.2) is 0 Å². The highest BCUT2D eigenvalue weighted by atomic mass is 16.5. The number of para-hydroxylation sites is 1. The van der Waals surface area contributed by atoms with Crippen LogP contribution < -0.4 is 4.74 Å². The minimum absolute atomic E-state index is 0.310. The first-order valence-electron chi connectivity index (χ1n) is 7.22. The van der Waals surface area contributed by atoms with Gasteiger partial charge in [-0.3, -0.25) is 0 Å². The molecule has 2 aromatic carbocycles. The summed E-state index contributed by atoms with van der Waals surface area (Å²) < 4.78 is 6.28. The summed E-state index contributed by atoms with van der Waals surface area (Å²) in [5.41, 5.74) is 1.85. The second-order valence-corrected chi connectivity index (χ2v) is 5.56. The van der Waals surface area contributed by atoms with Crippen molar-refractivity contribution in [3.63, 3.8) is 0 Å². The van der Waals surface area contributed by atoms with E-state index in [0.717, 1.165) is 24.2 Å². The summed E-state index contributed by atoms with van der Waals surface area (Å²) in [7, 11) is 0. The lowest BCUT2D eigenvalue weighted by Gasteiger charge is -2.40. The summed E-state index contributed by atoms with van der Waals surface area (Å²) in [5.74, 6) is 0.823. The summed E-state index contributed by atoms with van der Waals surface area (Å²) in [6.45, 7) is 2.13. The van der Waals surface area contributed by atoms with Gasteiger partial charge in [0, 0.05) is 18.4 Å². The van der Waals surface area contributed by atoms with Crippen LogP contribution in [0.1, 0.15) is 37.0 Å². The smallest absolute Gasteiger partial charge is 0.125 e. The number of fused-ring (bicyclic) bond motifs is 1. The van der Waals surface area contributed by atoms with Crippen molar-refractivity contribution in [2.45, 2.75) is 37.9 Å². The number of hydrogen-bond acceptors (Lipinski definition) is 2. The Bertz CT molecular complexity index is 579. The Morgan fingerprint density at radius 2 is 1.80 bits per heavy atom. The van der Waals surface area contributed by atoms with Crippen molar-refractivity contribution in [3.8, 4) is 5.75 Å². The predicted molar refractivity (Wildman–Crippen MR) is 79.8 cm³/mol. The molecule has 104 valence electrons. The van der Waals surface area contributed by atoms with Crippen LogP contribution in [-0.2, 0) is 6.42 Å². The maximum Gasteiger partial charge on any atom is 0.125 e. The fourth-order valence-electron chi connectivity index (χ4n) is 3.00. The Hall–Kier alpha value is -1.80. The van der Waals surface area contributed by atoms with E-state index in [0.29, 0.717) is 6.42 Å². The number of benzene rings is 2. The molecule has 0 radical (unpaired) electrons. The third kappa shape index (κ3) is 2.44. The molecule has 1 heterocycles. The van der Waals surface area contributed by atoms with E-state index in [4.69, 9.17) is 4.74 Å². The second-order valence-electron chi connectivity index (χ2n) is 5.56. The SMILES string of the molecule is CCC1(Cc2ccccc2)C[C@@H](O)c2ccccc2O1. The molecule has 20 heavy (non-hydrogen) atoms. The monoisotopic (exact) mass is 268 g/mol. The fourth-order valence-corrected chi connectivity index (χ4v) is 3.00. The largest absolute Gasteiger partial charge is 0.486 e. The van der Waals surface area contributed by atoms with E-state index in [9.17, 15) is 5.11 Å². The molecular formula is C18H20O2. The molecule has 2 aromatic rings. The zero-order valence-electron chi connectivity index (χ0n) is 11.8. The third-order valence-electron chi connectivity index (χ3n) is 4.18. The van der Waals surface area contributed by atoms with Crippen LogP contribution in [-0.4, -0.2) is 10.7 Å². The summed E-state index contributed by atoms with van der Waals surface area (Å²) in [6, 6.07) is 18.2. The molecule has 3 rings (SSSR count). The van der Waals surface area contributed by atoms with Gasteiger partial charge in [-0.15, -0.1) is 0 Å². The van der Waals surface area contributed by atoms with Crippen molar-refractivity contribution in [2.24, 2.45) is 0 Å². The van der Waals surface area contributed by atoms with Gasteiger partial charge in [0.1, 0.15) is 11.4 Å². The quantitative estimate of drug-likeness (QED) is 0.915. The fraction of sp³-hybridized carbons (Fsp3) is 0.333. The van der Waals surface area contributed by atoms with Crippen molar-refractivity contribution < 1.29 is 9.84 Å². The van der Waals surface area contributed by atoms with Gasteiger partial charge in [-0.1, -0.05) is 55.5 Å². The van der Waals surface area contributed by atoms with Crippen molar-refractivity contribution >= 4 is 0 Å². The van der Waals surface area contributed by atoms with E-state index in [-0.39, 0.29) is 5.60 Å². The molecule has 0 bridgehead atoms. The number of aliphatic hydroxyl groups is 1. The van der Waals surface area contributed by atoms with Crippen LogP contribution in [0.25, 0.3) is 0 Å². The zero-order valence-corrected chi connectivity index (χ0v) is 11.8. The second kappa shape index (κ2) is 5.29. The normalized spacial score (nSPS) is 24.8. The van der Waals surface area contributed by atoms with E-state index in [2.05, 4.69) is 19.1 Å². The van der Waals surface area contributed by atoms with Crippen LogP contribution in [0.4, 0.5) is 0 Å². The summed E-state index contributed by atoms with van der Waals surface area (Å²) in [5, 5.41) is 10.4. The zero-order chi connectivity index (χ0) is 14.0. The third-order valence-corrected chi connectivity index (χ3v) is 4.18. The van der Waals surface area contributed by atoms with E-state index < -0.39 is 6.10 Å². The highest BCUT2D eigenvalue weighted by Gasteiger charge is 2.39. The van der Waals surface area contributed by atoms with Crippen LogP contribution in [0.15, 0.2) is 54.6 Å². The summed E-state index contributed by atoms with van der Waals surface area (Å²) in [6.07, 6.45) is 1.92. The maximum absolute atomic E-state index is 10.4. The van der Waals surface area contributed by atoms with Gasteiger partial charge >= 0.3 is 0 Å². The first kappa shape index (κ1) is 13.2. The van der Waals surface area contributed by atoms with E-state index in [1.807, 2.05) is 42.5 Å². The predicted octanol–water partition coefficient (Wildman–Crippen LogP) is 3.89. The number of aliphatic hydroxyl groups excluding tert-OH is 1. The Balaban J connectivity index is 1.91. The number of hydrogen-bond donors (Lipinski definition) is 1. The Morgan fingerprint density at radius 3 is 2.55 bits per heavy atom. The van der Waals surface area contributed by atoms with Crippen molar-refractivity contribution in [2.75, 3.05) is 0 Å². The highest BCUT2D eigenvalue weighted by Crippen LogP contribution is 2.42. The Morgan fingerprint density at radius 1 is 1.10 bits per heavy atom.